The van der Waals surface area contributed by atoms with Gasteiger partial charge in [0.25, 0.3) is 5.91 Å². The summed E-state index contributed by atoms with van der Waals surface area (Å²) in [6, 6.07) is 13.1. The quantitative estimate of drug-likeness (QED) is 0.581. The molecule has 140 valence electrons. The van der Waals surface area contributed by atoms with E-state index in [-0.39, 0.29) is 11.9 Å². The number of nitrogens with zero attached hydrogens (tertiary/aromatic N) is 6. The molecule has 1 aromatic carbocycles. The van der Waals surface area contributed by atoms with Crippen molar-refractivity contribution >= 4 is 5.91 Å². The summed E-state index contributed by atoms with van der Waals surface area (Å²) < 4.78 is 3.52. The van der Waals surface area contributed by atoms with Gasteiger partial charge in [0.1, 0.15) is 18.5 Å². The fourth-order valence-corrected chi connectivity index (χ4v) is 3.05. The second-order valence-electron chi connectivity index (χ2n) is 6.40. The predicted octanol–water partition coefficient (Wildman–Crippen LogP) is 2.65. The Bertz CT molecular complexity index is 1090. The van der Waals surface area contributed by atoms with E-state index in [4.69, 9.17) is 0 Å². The van der Waals surface area contributed by atoms with E-state index in [9.17, 15) is 4.79 Å². The SMILES string of the molecule is Cc1c([C@@H](C)NC(=O)c2ccnc(-n3cnnc3)c2)cnn1-c1ccccc1. The van der Waals surface area contributed by atoms with Gasteiger partial charge in [0, 0.05) is 23.0 Å². The first-order valence-corrected chi connectivity index (χ1v) is 8.85. The summed E-state index contributed by atoms with van der Waals surface area (Å²) >= 11 is 0. The number of benzene rings is 1. The lowest BCUT2D eigenvalue weighted by Crippen LogP contribution is -2.27. The smallest absolute Gasteiger partial charge is 0.251 e. The van der Waals surface area contributed by atoms with Crippen LogP contribution in [0.4, 0.5) is 0 Å². The monoisotopic (exact) mass is 373 g/mol. The number of amides is 1. The summed E-state index contributed by atoms with van der Waals surface area (Å²) in [5.41, 5.74) is 3.44. The van der Waals surface area contributed by atoms with Crippen molar-refractivity contribution in [2.24, 2.45) is 0 Å². The third kappa shape index (κ3) is 3.39. The van der Waals surface area contributed by atoms with Gasteiger partial charge in [-0.3, -0.25) is 9.36 Å². The Labute approximate surface area is 161 Å². The number of para-hydroxylation sites is 1. The third-order valence-corrected chi connectivity index (χ3v) is 4.55. The van der Waals surface area contributed by atoms with Gasteiger partial charge >= 0.3 is 0 Å². The molecule has 0 spiro atoms. The summed E-state index contributed by atoms with van der Waals surface area (Å²) in [5.74, 6) is 0.398. The first-order chi connectivity index (χ1) is 13.6. The van der Waals surface area contributed by atoms with Crippen molar-refractivity contribution in [3.05, 3.63) is 84.3 Å². The van der Waals surface area contributed by atoms with Crippen molar-refractivity contribution in [1.29, 1.82) is 0 Å². The van der Waals surface area contributed by atoms with Gasteiger partial charge in [-0.25, -0.2) is 9.67 Å². The van der Waals surface area contributed by atoms with Gasteiger partial charge < -0.3 is 5.32 Å². The zero-order valence-electron chi connectivity index (χ0n) is 15.5. The van der Waals surface area contributed by atoms with Crippen LogP contribution in [-0.4, -0.2) is 35.4 Å². The molecule has 28 heavy (non-hydrogen) atoms. The summed E-state index contributed by atoms with van der Waals surface area (Å²) in [5, 5.41) is 15.0. The number of carbonyl (C=O) groups is 1. The van der Waals surface area contributed by atoms with Gasteiger partial charge in [0.05, 0.1) is 17.9 Å². The van der Waals surface area contributed by atoms with E-state index in [1.54, 1.807) is 29.1 Å². The maximum Gasteiger partial charge on any atom is 0.251 e. The Balaban J connectivity index is 1.53. The van der Waals surface area contributed by atoms with Gasteiger partial charge in [0.2, 0.25) is 0 Å². The normalized spacial score (nSPS) is 11.9. The van der Waals surface area contributed by atoms with Crippen LogP contribution in [0.3, 0.4) is 0 Å². The van der Waals surface area contributed by atoms with Crippen molar-refractivity contribution in [3.8, 4) is 11.5 Å². The Kier molecular flexibility index (Phi) is 4.67. The maximum atomic E-state index is 12.7. The van der Waals surface area contributed by atoms with Crippen molar-refractivity contribution in [2.45, 2.75) is 19.9 Å². The van der Waals surface area contributed by atoms with Crippen molar-refractivity contribution < 1.29 is 4.79 Å². The number of carbonyl (C=O) groups excluding carboxylic acids is 1. The summed E-state index contributed by atoms with van der Waals surface area (Å²) in [7, 11) is 0. The van der Waals surface area contributed by atoms with Crippen LogP contribution in [0.2, 0.25) is 0 Å². The molecule has 4 rings (SSSR count). The number of aromatic nitrogens is 6. The van der Waals surface area contributed by atoms with Crippen LogP contribution in [0.1, 0.15) is 34.6 Å². The van der Waals surface area contributed by atoms with E-state index in [0.29, 0.717) is 11.4 Å². The predicted molar refractivity (Wildman–Crippen MR) is 103 cm³/mol. The molecule has 1 N–H and O–H groups in total. The van der Waals surface area contributed by atoms with E-state index in [2.05, 4.69) is 25.6 Å². The summed E-state index contributed by atoms with van der Waals surface area (Å²) in [6.45, 7) is 3.94. The van der Waals surface area contributed by atoms with Crippen molar-refractivity contribution in [2.75, 3.05) is 0 Å². The summed E-state index contributed by atoms with van der Waals surface area (Å²) in [4.78, 5) is 17.0. The number of rotatable bonds is 5. The molecule has 3 aromatic heterocycles. The number of nitrogens with one attached hydrogen (secondary N) is 1. The van der Waals surface area contributed by atoms with Crippen LogP contribution in [0, 0.1) is 6.92 Å². The molecule has 0 aliphatic heterocycles. The second-order valence-corrected chi connectivity index (χ2v) is 6.40. The Morgan fingerprint density at radius 1 is 1.11 bits per heavy atom. The summed E-state index contributed by atoms with van der Waals surface area (Å²) in [6.07, 6.45) is 6.46. The molecule has 0 saturated carbocycles. The standard InChI is InChI=1S/C20H19N7O/c1-14(18-11-24-27(15(18)2)17-6-4-3-5-7-17)25-20(28)16-8-9-21-19(10-16)26-12-22-23-13-26/h3-14H,1-2H3,(H,25,28)/t14-/m1/s1. The third-order valence-electron chi connectivity index (χ3n) is 4.55. The molecule has 8 nitrogen and oxygen atoms in total. The molecule has 1 amide bonds. The average Bonchev–Trinajstić information content (AvgIpc) is 3.39. The highest BCUT2D eigenvalue weighted by atomic mass is 16.1. The molecule has 0 aliphatic carbocycles. The largest absolute Gasteiger partial charge is 0.345 e. The highest BCUT2D eigenvalue weighted by molar-refractivity contribution is 5.94. The minimum Gasteiger partial charge on any atom is -0.345 e. The minimum absolute atomic E-state index is 0.184. The van der Waals surface area contributed by atoms with E-state index >= 15 is 0 Å². The molecule has 3 heterocycles. The van der Waals surface area contributed by atoms with Crippen LogP contribution in [-0.2, 0) is 0 Å². The van der Waals surface area contributed by atoms with Gasteiger partial charge in [-0.05, 0) is 38.1 Å². The zero-order valence-corrected chi connectivity index (χ0v) is 15.5. The lowest BCUT2D eigenvalue weighted by molar-refractivity contribution is 0.0939. The maximum absolute atomic E-state index is 12.7. The molecule has 0 aliphatic rings. The number of hydrogen-bond acceptors (Lipinski definition) is 5. The number of hydrogen-bond donors (Lipinski definition) is 1. The Morgan fingerprint density at radius 3 is 2.61 bits per heavy atom. The van der Waals surface area contributed by atoms with Crippen molar-refractivity contribution in [1.82, 2.24) is 34.8 Å². The first-order valence-electron chi connectivity index (χ1n) is 8.85. The average molecular weight is 373 g/mol. The fourth-order valence-electron chi connectivity index (χ4n) is 3.05. The van der Waals surface area contributed by atoms with Crippen LogP contribution in [0.5, 0.6) is 0 Å². The molecule has 0 fully saturated rings. The molecule has 0 bridgehead atoms. The number of pyridine rings is 1. The van der Waals surface area contributed by atoms with Crippen LogP contribution < -0.4 is 5.32 Å². The molecule has 0 radical (unpaired) electrons. The fraction of sp³-hybridized carbons (Fsp3) is 0.150. The molecular formula is C20H19N7O. The molecule has 1 atom stereocenters. The second kappa shape index (κ2) is 7.43. The molecule has 8 heteroatoms. The zero-order chi connectivity index (χ0) is 19.5. The van der Waals surface area contributed by atoms with E-state index < -0.39 is 0 Å². The van der Waals surface area contributed by atoms with Gasteiger partial charge in [-0.15, -0.1) is 10.2 Å². The van der Waals surface area contributed by atoms with Crippen LogP contribution in [0.25, 0.3) is 11.5 Å². The molecule has 0 saturated heterocycles. The van der Waals surface area contributed by atoms with Gasteiger partial charge in [0.15, 0.2) is 0 Å². The first kappa shape index (κ1) is 17.6. The lowest BCUT2D eigenvalue weighted by atomic mass is 10.1. The van der Waals surface area contributed by atoms with Crippen LogP contribution in [0.15, 0.2) is 67.5 Å². The van der Waals surface area contributed by atoms with Gasteiger partial charge in [-0.1, -0.05) is 18.2 Å². The Hall–Kier alpha value is -3.81. The lowest BCUT2D eigenvalue weighted by Gasteiger charge is -2.14. The Morgan fingerprint density at radius 2 is 1.86 bits per heavy atom. The highest BCUT2D eigenvalue weighted by Gasteiger charge is 2.17. The van der Waals surface area contributed by atoms with Crippen LogP contribution >= 0.6 is 0 Å². The van der Waals surface area contributed by atoms with Crippen molar-refractivity contribution in [3.63, 3.8) is 0 Å². The highest BCUT2D eigenvalue weighted by Crippen LogP contribution is 2.20. The van der Waals surface area contributed by atoms with E-state index in [0.717, 1.165) is 16.9 Å². The van der Waals surface area contributed by atoms with E-state index in [1.807, 2.05) is 48.9 Å². The molecular weight excluding hydrogens is 354 g/mol. The topological polar surface area (TPSA) is 90.5 Å². The molecule has 4 aromatic rings. The van der Waals surface area contributed by atoms with Gasteiger partial charge in [-0.2, -0.15) is 5.10 Å². The van der Waals surface area contributed by atoms with E-state index in [1.165, 1.54) is 12.7 Å². The minimum atomic E-state index is -0.198. The molecule has 0 unspecified atom stereocenters.